The summed E-state index contributed by atoms with van der Waals surface area (Å²) in [6.07, 6.45) is 4.11. The number of aromatic nitrogens is 1. The van der Waals surface area contributed by atoms with Gasteiger partial charge in [-0.1, -0.05) is 6.92 Å². The van der Waals surface area contributed by atoms with Crippen molar-refractivity contribution >= 4 is 5.82 Å². The predicted molar refractivity (Wildman–Crippen MR) is 72.3 cm³/mol. The second kappa shape index (κ2) is 6.36. The van der Waals surface area contributed by atoms with E-state index in [-0.39, 0.29) is 0 Å². The first-order chi connectivity index (χ1) is 8.81. The molecular weight excluding hydrogens is 224 g/mol. The van der Waals surface area contributed by atoms with E-state index in [0.29, 0.717) is 11.5 Å². The average Bonchev–Trinajstić information content (AvgIpc) is 2.85. The van der Waals surface area contributed by atoms with Crippen molar-refractivity contribution < 1.29 is 0 Å². The van der Waals surface area contributed by atoms with E-state index in [2.05, 4.69) is 28.2 Å². The number of likely N-dealkylation sites (tertiary alicyclic amines) is 1. The number of pyridine rings is 1. The third kappa shape index (κ3) is 3.44. The number of nitrogens with one attached hydrogen (secondary N) is 1. The van der Waals surface area contributed by atoms with E-state index < -0.39 is 0 Å². The molecular formula is C14H20N4. The molecule has 4 heteroatoms. The van der Waals surface area contributed by atoms with Crippen LogP contribution in [-0.2, 0) is 0 Å². The lowest BCUT2D eigenvalue weighted by atomic mass is 10.1. The van der Waals surface area contributed by atoms with Crippen molar-refractivity contribution in [1.29, 1.82) is 5.26 Å². The van der Waals surface area contributed by atoms with Gasteiger partial charge in [0.05, 0.1) is 5.56 Å². The molecule has 2 heterocycles. The van der Waals surface area contributed by atoms with E-state index in [1.54, 1.807) is 12.3 Å². The van der Waals surface area contributed by atoms with E-state index in [9.17, 15) is 0 Å². The fraction of sp³-hybridized carbons (Fsp3) is 0.571. The molecule has 1 aromatic rings. The summed E-state index contributed by atoms with van der Waals surface area (Å²) in [4.78, 5) is 6.74. The van der Waals surface area contributed by atoms with Gasteiger partial charge in [0.1, 0.15) is 11.9 Å². The zero-order chi connectivity index (χ0) is 12.8. The fourth-order valence-electron chi connectivity index (χ4n) is 2.41. The van der Waals surface area contributed by atoms with Crippen LogP contribution in [0.15, 0.2) is 18.3 Å². The molecule has 2 rings (SSSR count). The second-order valence-corrected chi connectivity index (χ2v) is 4.88. The molecule has 0 amide bonds. The fourth-order valence-corrected chi connectivity index (χ4v) is 2.41. The monoisotopic (exact) mass is 244 g/mol. The highest BCUT2D eigenvalue weighted by molar-refractivity contribution is 5.38. The maximum Gasteiger partial charge on any atom is 0.125 e. The molecule has 1 saturated heterocycles. The van der Waals surface area contributed by atoms with Crippen LogP contribution < -0.4 is 5.32 Å². The molecule has 1 N–H and O–H groups in total. The largest absolute Gasteiger partial charge is 0.370 e. The molecule has 0 spiro atoms. The molecule has 1 aromatic heterocycles. The van der Waals surface area contributed by atoms with Crippen LogP contribution in [0.2, 0.25) is 0 Å². The maximum absolute atomic E-state index is 8.69. The van der Waals surface area contributed by atoms with Crippen LogP contribution >= 0.6 is 0 Å². The van der Waals surface area contributed by atoms with E-state index in [1.807, 2.05) is 6.07 Å². The number of hydrogen-bond acceptors (Lipinski definition) is 4. The first-order valence-corrected chi connectivity index (χ1v) is 6.64. The summed E-state index contributed by atoms with van der Waals surface area (Å²) in [6.45, 7) is 6.83. The molecule has 1 fully saturated rings. The van der Waals surface area contributed by atoms with Gasteiger partial charge in [-0.15, -0.1) is 0 Å². The van der Waals surface area contributed by atoms with Crippen molar-refractivity contribution in [2.24, 2.45) is 5.92 Å². The van der Waals surface area contributed by atoms with Gasteiger partial charge in [0.25, 0.3) is 0 Å². The van der Waals surface area contributed by atoms with Crippen molar-refractivity contribution in [2.75, 3.05) is 31.5 Å². The first-order valence-electron chi connectivity index (χ1n) is 6.64. The molecule has 0 radical (unpaired) electrons. The van der Waals surface area contributed by atoms with Crippen molar-refractivity contribution in [3.8, 4) is 6.07 Å². The Morgan fingerprint density at radius 2 is 2.44 bits per heavy atom. The van der Waals surface area contributed by atoms with Crippen LogP contribution in [0, 0.1) is 17.2 Å². The van der Waals surface area contributed by atoms with Gasteiger partial charge in [-0.05, 0) is 44.0 Å². The maximum atomic E-state index is 8.69. The summed E-state index contributed by atoms with van der Waals surface area (Å²) in [5.41, 5.74) is 0.607. The predicted octanol–water partition coefficient (Wildman–Crippen LogP) is 2.10. The van der Waals surface area contributed by atoms with Gasteiger partial charge in [-0.3, -0.25) is 0 Å². The van der Waals surface area contributed by atoms with Crippen LogP contribution in [-0.4, -0.2) is 36.1 Å². The lowest BCUT2D eigenvalue weighted by Gasteiger charge is -2.15. The third-order valence-electron chi connectivity index (χ3n) is 3.37. The smallest absolute Gasteiger partial charge is 0.125 e. The summed E-state index contributed by atoms with van der Waals surface area (Å²) < 4.78 is 0. The Morgan fingerprint density at radius 1 is 1.56 bits per heavy atom. The summed E-state index contributed by atoms with van der Waals surface area (Å²) in [5.74, 6) is 1.58. The summed E-state index contributed by atoms with van der Waals surface area (Å²) in [6, 6.07) is 5.75. The Kier molecular flexibility index (Phi) is 4.54. The van der Waals surface area contributed by atoms with E-state index in [1.165, 1.54) is 32.5 Å². The Bertz CT molecular complexity index is 407. The van der Waals surface area contributed by atoms with Gasteiger partial charge in [-0.2, -0.15) is 5.26 Å². The first kappa shape index (κ1) is 12.8. The lowest BCUT2D eigenvalue weighted by Crippen LogP contribution is -2.23. The second-order valence-electron chi connectivity index (χ2n) is 4.88. The topological polar surface area (TPSA) is 52.0 Å². The molecule has 1 aliphatic heterocycles. The quantitative estimate of drug-likeness (QED) is 0.861. The van der Waals surface area contributed by atoms with E-state index in [4.69, 9.17) is 5.26 Å². The highest BCUT2D eigenvalue weighted by atomic mass is 15.1. The normalized spacial score (nSPS) is 19.7. The summed E-state index contributed by atoms with van der Waals surface area (Å²) >= 11 is 0. The Hall–Kier alpha value is -1.60. The third-order valence-corrected chi connectivity index (χ3v) is 3.37. The molecule has 1 aliphatic rings. The minimum atomic E-state index is 0.607. The Morgan fingerprint density at radius 3 is 3.11 bits per heavy atom. The lowest BCUT2D eigenvalue weighted by molar-refractivity contribution is 0.327. The van der Waals surface area contributed by atoms with Crippen LogP contribution in [0.25, 0.3) is 0 Å². The van der Waals surface area contributed by atoms with Crippen molar-refractivity contribution in [1.82, 2.24) is 9.88 Å². The van der Waals surface area contributed by atoms with Crippen LogP contribution in [0.4, 0.5) is 5.82 Å². The van der Waals surface area contributed by atoms with Gasteiger partial charge in [0, 0.05) is 19.3 Å². The van der Waals surface area contributed by atoms with Crippen LogP contribution in [0.3, 0.4) is 0 Å². The molecule has 0 bridgehead atoms. The van der Waals surface area contributed by atoms with E-state index in [0.717, 1.165) is 12.4 Å². The molecule has 0 aliphatic carbocycles. The molecule has 0 aromatic carbocycles. The molecule has 96 valence electrons. The van der Waals surface area contributed by atoms with Gasteiger partial charge in [-0.25, -0.2) is 4.98 Å². The number of anilines is 1. The SMILES string of the molecule is CCCN1CCC(CNc2ccc(C#N)cn2)C1. The van der Waals surface area contributed by atoms with Gasteiger partial charge < -0.3 is 10.2 Å². The molecule has 18 heavy (non-hydrogen) atoms. The molecule has 1 unspecified atom stereocenters. The van der Waals surface area contributed by atoms with Crippen LogP contribution in [0.5, 0.6) is 0 Å². The standard InChI is InChI=1S/C14H20N4/c1-2-6-18-7-5-13(11-18)10-17-14-4-3-12(8-15)9-16-14/h3-4,9,13H,2,5-7,10-11H2,1H3,(H,16,17). The highest BCUT2D eigenvalue weighted by Crippen LogP contribution is 2.17. The zero-order valence-electron chi connectivity index (χ0n) is 10.9. The average molecular weight is 244 g/mol. The van der Waals surface area contributed by atoms with Gasteiger partial charge in [0.15, 0.2) is 0 Å². The Labute approximate surface area is 109 Å². The molecule has 1 atom stereocenters. The van der Waals surface area contributed by atoms with Gasteiger partial charge >= 0.3 is 0 Å². The Balaban J connectivity index is 1.76. The minimum Gasteiger partial charge on any atom is -0.370 e. The van der Waals surface area contributed by atoms with Crippen molar-refractivity contribution in [2.45, 2.75) is 19.8 Å². The van der Waals surface area contributed by atoms with Gasteiger partial charge in [0.2, 0.25) is 0 Å². The zero-order valence-corrected chi connectivity index (χ0v) is 10.9. The number of rotatable bonds is 5. The molecule has 0 saturated carbocycles. The number of nitrogens with zero attached hydrogens (tertiary/aromatic N) is 3. The van der Waals surface area contributed by atoms with Crippen LogP contribution in [0.1, 0.15) is 25.3 Å². The highest BCUT2D eigenvalue weighted by Gasteiger charge is 2.21. The minimum absolute atomic E-state index is 0.607. The molecule has 4 nitrogen and oxygen atoms in total. The number of hydrogen-bond donors (Lipinski definition) is 1. The summed E-state index contributed by atoms with van der Waals surface area (Å²) in [5, 5.41) is 12.0. The van der Waals surface area contributed by atoms with Crippen molar-refractivity contribution in [3.63, 3.8) is 0 Å². The number of nitriles is 1. The van der Waals surface area contributed by atoms with E-state index >= 15 is 0 Å². The summed E-state index contributed by atoms with van der Waals surface area (Å²) in [7, 11) is 0. The van der Waals surface area contributed by atoms with Crippen molar-refractivity contribution in [3.05, 3.63) is 23.9 Å².